The van der Waals surface area contributed by atoms with Gasteiger partial charge >= 0.3 is 5.97 Å². The van der Waals surface area contributed by atoms with E-state index in [0.717, 1.165) is 21.6 Å². The van der Waals surface area contributed by atoms with Crippen molar-refractivity contribution in [2.45, 2.75) is 24.5 Å². The van der Waals surface area contributed by atoms with Gasteiger partial charge in [0.1, 0.15) is 6.61 Å². The minimum atomic E-state index is -0.762. The summed E-state index contributed by atoms with van der Waals surface area (Å²) >= 11 is 18.7. The molecule has 0 radical (unpaired) electrons. The molecule has 0 amide bonds. The molecule has 0 unspecified atom stereocenters. The number of fused-ring (bicyclic) bond motifs is 1. The number of methoxy groups -OCH3 is 1. The highest BCUT2D eigenvalue weighted by molar-refractivity contribution is 9.10. The number of nitrogens with zero attached hydrogens (tertiary/aromatic N) is 2. The Morgan fingerprint density at radius 3 is 2.47 bits per heavy atom. The first-order chi connectivity index (χ1) is 23.7. The first kappa shape index (κ1) is 35.0. The lowest BCUT2D eigenvalue weighted by Crippen LogP contribution is -2.40. The van der Waals surface area contributed by atoms with E-state index in [2.05, 4.69) is 15.9 Å². The number of carbonyl (C=O) groups is 1. The lowest BCUT2D eigenvalue weighted by atomic mass is 9.93. The van der Waals surface area contributed by atoms with E-state index in [1.807, 2.05) is 73.0 Å². The van der Waals surface area contributed by atoms with E-state index in [4.69, 9.17) is 42.4 Å². The number of hydrogen-bond donors (Lipinski definition) is 0. The largest absolute Gasteiger partial charge is 0.493 e. The third kappa shape index (κ3) is 7.39. The molecule has 250 valence electrons. The minimum Gasteiger partial charge on any atom is -0.493 e. The van der Waals surface area contributed by atoms with Gasteiger partial charge in [-0.1, -0.05) is 83.1 Å². The molecule has 0 N–H and O–H groups in total. The summed E-state index contributed by atoms with van der Waals surface area (Å²) in [6.45, 7) is 2.17. The van der Waals surface area contributed by atoms with Crippen molar-refractivity contribution in [1.82, 2.24) is 4.57 Å². The molecule has 0 fully saturated rings. The molecule has 1 aromatic heterocycles. The van der Waals surface area contributed by atoms with Crippen molar-refractivity contribution in [3.8, 4) is 11.5 Å². The quantitative estimate of drug-likeness (QED) is 0.105. The molecule has 0 spiro atoms. The van der Waals surface area contributed by atoms with Crippen molar-refractivity contribution in [2.24, 2.45) is 4.99 Å². The fourth-order valence-corrected chi connectivity index (χ4v) is 7.75. The number of benzene rings is 4. The van der Waals surface area contributed by atoms with Crippen molar-refractivity contribution in [1.29, 1.82) is 0 Å². The topological polar surface area (TPSA) is 79.1 Å². The van der Waals surface area contributed by atoms with Gasteiger partial charge in [-0.15, -0.1) is 11.8 Å². The number of thiazole rings is 1. The Hall–Kier alpha value is -3.80. The first-order valence-corrected chi connectivity index (χ1v) is 18.7. The number of hydrogen-bond acceptors (Lipinski definition) is 8. The van der Waals surface area contributed by atoms with Crippen molar-refractivity contribution in [3.05, 3.63) is 147 Å². The molecular weight excluding hydrogens is 767 g/mol. The van der Waals surface area contributed by atoms with Crippen LogP contribution >= 0.6 is 62.2 Å². The third-order valence-corrected chi connectivity index (χ3v) is 10.8. The van der Waals surface area contributed by atoms with Crippen LogP contribution in [0.5, 0.6) is 11.5 Å². The maximum atomic E-state index is 14.3. The monoisotopic (exact) mass is 794 g/mol. The van der Waals surface area contributed by atoms with Gasteiger partial charge in [0.25, 0.3) is 5.56 Å². The van der Waals surface area contributed by atoms with Gasteiger partial charge in [-0.05, 0) is 88.3 Å². The Bertz CT molecular complexity index is 2250. The first-order valence-electron chi connectivity index (χ1n) is 15.1. The van der Waals surface area contributed by atoms with Crippen LogP contribution in [0.25, 0.3) is 11.8 Å². The predicted octanol–water partition coefficient (Wildman–Crippen LogP) is 8.31. The number of thioether (sulfide) groups is 1. The highest BCUT2D eigenvalue weighted by Gasteiger charge is 2.35. The summed E-state index contributed by atoms with van der Waals surface area (Å²) in [5.74, 6) is 0.437. The van der Waals surface area contributed by atoms with Crippen LogP contribution in [0.15, 0.2) is 110 Å². The van der Waals surface area contributed by atoms with Gasteiger partial charge in [-0.25, -0.2) is 9.79 Å². The molecule has 2 heterocycles. The van der Waals surface area contributed by atoms with E-state index < -0.39 is 12.0 Å². The van der Waals surface area contributed by atoms with Crippen LogP contribution in [0.2, 0.25) is 10.0 Å². The lowest BCUT2D eigenvalue weighted by Gasteiger charge is -2.26. The van der Waals surface area contributed by atoms with Crippen molar-refractivity contribution in [2.75, 3.05) is 20.0 Å². The second kappa shape index (κ2) is 15.4. The summed E-state index contributed by atoms with van der Waals surface area (Å²) in [5, 5.41) is 0.905. The summed E-state index contributed by atoms with van der Waals surface area (Å²) in [6, 6.07) is 25.5. The van der Waals surface area contributed by atoms with E-state index in [0.29, 0.717) is 52.2 Å². The van der Waals surface area contributed by atoms with Crippen molar-refractivity contribution in [3.63, 3.8) is 0 Å². The predicted molar refractivity (Wildman–Crippen MR) is 201 cm³/mol. The Morgan fingerprint density at radius 1 is 1.04 bits per heavy atom. The molecule has 6 rings (SSSR count). The average Bonchev–Trinajstić information content (AvgIpc) is 3.42. The van der Waals surface area contributed by atoms with Crippen LogP contribution in [0, 0.1) is 0 Å². The van der Waals surface area contributed by atoms with Gasteiger partial charge < -0.3 is 14.2 Å². The zero-order valence-electron chi connectivity index (χ0n) is 26.5. The third-order valence-electron chi connectivity index (χ3n) is 7.72. The maximum Gasteiger partial charge on any atom is 0.338 e. The van der Waals surface area contributed by atoms with Gasteiger partial charge in [-0.3, -0.25) is 9.36 Å². The van der Waals surface area contributed by atoms with E-state index in [1.165, 1.54) is 11.3 Å². The fraction of sp³-hybridized carbons (Fsp3) is 0.162. The second-order valence-electron chi connectivity index (χ2n) is 10.8. The van der Waals surface area contributed by atoms with E-state index in [9.17, 15) is 9.59 Å². The van der Waals surface area contributed by atoms with Gasteiger partial charge in [0.2, 0.25) is 0 Å². The molecule has 0 saturated heterocycles. The number of aromatic nitrogens is 1. The van der Waals surface area contributed by atoms with Gasteiger partial charge in [0.15, 0.2) is 16.3 Å². The summed E-state index contributed by atoms with van der Waals surface area (Å²) in [7, 11) is 1.55. The maximum absolute atomic E-state index is 14.3. The molecule has 5 aromatic rings. The molecule has 49 heavy (non-hydrogen) atoms. The number of rotatable bonds is 10. The molecule has 1 atom stereocenters. The highest BCUT2D eigenvalue weighted by atomic mass is 79.9. The number of halogens is 3. The molecule has 12 heteroatoms. The van der Waals surface area contributed by atoms with Crippen LogP contribution in [0.1, 0.15) is 35.2 Å². The molecule has 0 aliphatic carbocycles. The standard InChI is InChI=1S/C37H29BrCl2N2O5S2/c1-4-46-36(44)31-32(23-8-6-5-7-9-23)41-37-42(33(31)24-11-13-25(48-3)14-12-24)35(43)30(49-37)19-22-16-26(38)34(29(18-22)45-2)47-20-21-10-15-27(39)28(40)17-21/h5-19,33H,4,20H2,1-3H3/b30-19-/t33-/m1/s1. The van der Waals surface area contributed by atoms with Crippen LogP contribution in [-0.2, 0) is 16.1 Å². The minimum absolute atomic E-state index is 0.177. The molecule has 0 bridgehead atoms. The molecule has 0 saturated carbocycles. The molecule has 7 nitrogen and oxygen atoms in total. The van der Waals surface area contributed by atoms with Crippen LogP contribution in [0.3, 0.4) is 0 Å². The van der Waals surface area contributed by atoms with Gasteiger partial charge in [-0.2, -0.15) is 0 Å². The van der Waals surface area contributed by atoms with Crippen LogP contribution in [-0.4, -0.2) is 30.5 Å². The fourth-order valence-electron chi connectivity index (χ4n) is 5.44. The molecule has 1 aliphatic heterocycles. The highest BCUT2D eigenvalue weighted by Crippen LogP contribution is 2.38. The smallest absolute Gasteiger partial charge is 0.338 e. The number of ether oxygens (including phenoxy) is 3. The number of carbonyl (C=O) groups excluding carboxylic acids is 1. The normalized spacial score (nSPS) is 14.3. The van der Waals surface area contributed by atoms with E-state index in [-0.39, 0.29) is 18.8 Å². The Balaban J connectivity index is 1.48. The SMILES string of the molecule is CCOC(=O)C1=C(c2ccccc2)N=c2s/c(=C\c3cc(Br)c(OCc4ccc(Cl)c(Cl)c4)c(OC)c3)c(=O)n2[C@@H]1c1ccc(SC)cc1. The second-order valence-corrected chi connectivity index (χ2v) is 14.3. The summed E-state index contributed by atoms with van der Waals surface area (Å²) < 4.78 is 20.0. The van der Waals surface area contributed by atoms with E-state index in [1.54, 1.807) is 54.6 Å². The summed E-state index contributed by atoms with van der Waals surface area (Å²) in [5.41, 5.74) is 3.54. The van der Waals surface area contributed by atoms with Crippen molar-refractivity contribution < 1.29 is 19.0 Å². The summed E-state index contributed by atoms with van der Waals surface area (Å²) in [4.78, 5) is 34.5. The zero-order chi connectivity index (χ0) is 34.7. The summed E-state index contributed by atoms with van der Waals surface area (Å²) in [6.07, 6.45) is 3.78. The van der Waals surface area contributed by atoms with Crippen LogP contribution in [0.4, 0.5) is 0 Å². The Kier molecular flexibility index (Phi) is 11.0. The lowest BCUT2D eigenvalue weighted by molar-refractivity contribution is -0.138. The Labute approximate surface area is 309 Å². The number of esters is 1. The van der Waals surface area contributed by atoms with Crippen molar-refractivity contribution >= 4 is 80.0 Å². The molecule has 4 aromatic carbocycles. The molecular formula is C37H29BrCl2N2O5S2. The Morgan fingerprint density at radius 2 is 1.80 bits per heavy atom. The van der Waals surface area contributed by atoms with Gasteiger partial charge in [0, 0.05) is 10.5 Å². The average molecular weight is 797 g/mol. The zero-order valence-corrected chi connectivity index (χ0v) is 31.3. The molecule has 1 aliphatic rings. The van der Waals surface area contributed by atoms with Gasteiger partial charge in [0.05, 0.1) is 50.1 Å². The van der Waals surface area contributed by atoms with E-state index >= 15 is 0 Å². The van der Waals surface area contributed by atoms with Crippen LogP contribution < -0.4 is 24.4 Å².